The SMILES string of the molecule is Cc1cccc(-c2nnc3c4ccc(Cl)cc4nc(N4CCCN(C(=O)c5ccccc5F)CC4)n23)c1. The Bertz CT molecular complexity index is 1650. The van der Waals surface area contributed by atoms with Crippen molar-refractivity contribution in [3.63, 3.8) is 0 Å². The summed E-state index contributed by atoms with van der Waals surface area (Å²) in [4.78, 5) is 21.9. The summed E-state index contributed by atoms with van der Waals surface area (Å²) in [5.41, 5.74) is 3.57. The molecule has 0 atom stereocenters. The van der Waals surface area contributed by atoms with Gasteiger partial charge in [0.2, 0.25) is 5.95 Å². The second-order valence-corrected chi connectivity index (χ2v) is 9.67. The van der Waals surface area contributed by atoms with Crippen LogP contribution >= 0.6 is 11.6 Å². The number of fused-ring (bicyclic) bond motifs is 3. The van der Waals surface area contributed by atoms with Crippen molar-refractivity contribution in [1.29, 1.82) is 0 Å². The Morgan fingerprint density at radius 2 is 1.81 bits per heavy atom. The van der Waals surface area contributed by atoms with E-state index < -0.39 is 5.82 Å². The average molecular weight is 515 g/mol. The molecule has 1 aliphatic rings. The monoisotopic (exact) mass is 514 g/mol. The maximum atomic E-state index is 14.3. The molecule has 0 bridgehead atoms. The number of aromatic nitrogens is 4. The van der Waals surface area contributed by atoms with Crippen LogP contribution in [0.15, 0.2) is 66.7 Å². The van der Waals surface area contributed by atoms with Crippen molar-refractivity contribution in [2.75, 3.05) is 31.1 Å². The molecule has 1 saturated heterocycles. The Kier molecular flexibility index (Phi) is 5.96. The highest BCUT2D eigenvalue weighted by molar-refractivity contribution is 6.31. The van der Waals surface area contributed by atoms with E-state index >= 15 is 0 Å². The summed E-state index contributed by atoms with van der Waals surface area (Å²) in [5.74, 6) is 0.580. The minimum atomic E-state index is -0.504. The third-order valence-electron chi connectivity index (χ3n) is 6.73. The van der Waals surface area contributed by atoms with Gasteiger partial charge in [0, 0.05) is 42.2 Å². The number of anilines is 1. The molecule has 3 aromatic carbocycles. The van der Waals surface area contributed by atoms with E-state index in [2.05, 4.69) is 21.2 Å². The molecule has 0 N–H and O–H groups in total. The number of hydrogen-bond donors (Lipinski definition) is 0. The van der Waals surface area contributed by atoms with Gasteiger partial charge in [-0.3, -0.25) is 4.79 Å². The van der Waals surface area contributed by atoms with Gasteiger partial charge in [0.25, 0.3) is 5.91 Å². The quantitative estimate of drug-likeness (QED) is 0.322. The van der Waals surface area contributed by atoms with Gasteiger partial charge >= 0.3 is 0 Å². The van der Waals surface area contributed by atoms with E-state index in [-0.39, 0.29) is 11.5 Å². The summed E-state index contributed by atoms with van der Waals surface area (Å²) in [6.45, 7) is 4.20. The molecule has 0 spiro atoms. The van der Waals surface area contributed by atoms with E-state index in [0.29, 0.717) is 55.0 Å². The smallest absolute Gasteiger partial charge is 0.256 e. The second kappa shape index (κ2) is 9.44. The van der Waals surface area contributed by atoms with Gasteiger partial charge in [-0.25, -0.2) is 13.8 Å². The standard InChI is InChI=1S/C28H24ClFN6O/c1-18-6-4-7-19(16-18)25-32-33-26-22-11-10-20(29)17-24(22)31-28(36(25)26)35-13-5-12-34(14-15-35)27(37)21-8-2-3-9-23(21)30/h2-4,6-11,16-17H,5,12-15H2,1H3. The summed E-state index contributed by atoms with van der Waals surface area (Å²) in [7, 11) is 0. The fourth-order valence-corrected chi connectivity index (χ4v) is 5.07. The van der Waals surface area contributed by atoms with E-state index in [1.807, 2.05) is 47.7 Å². The van der Waals surface area contributed by atoms with E-state index in [4.69, 9.17) is 16.6 Å². The topological polar surface area (TPSA) is 66.6 Å². The molecule has 0 aliphatic carbocycles. The molecule has 0 unspecified atom stereocenters. The lowest BCUT2D eigenvalue weighted by Crippen LogP contribution is -2.36. The molecule has 37 heavy (non-hydrogen) atoms. The predicted octanol–water partition coefficient (Wildman–Crippen LogP) is 5.40. The predicted molar refractivity (Wildman–Crippen MR) is 143 cm³/mol. The first kappa shape index (κ1) is 23.4. The number of carbonyl (C=O) groups is 1. The Balaban J connectivity index is 1.43. The van der Waals surface area contributed by atoms with E-state index in [0.717, 1.165) is 22.0 Å². The first-order valence-corrected chi connectivity index (χ1v) is 12.6. The normalized spacial score (nSPS) is 14.4. The van der Waals surface area contributed by atoms with Crippen LogP contribution < -0.4 is 4.90 Å². The Morgan fingerprint density at radius 3 is 2.65 bits per heavy atom. The van der Waals surface area contributed by atoms with Crippen molar-refractivity contribution in [2.45, 2.75) is 13.3 Å². The second-order valence-electron chi connectivity index (χ2n) is 9.24. The molecular formula is C28H24ClFN6O. The lowest BCUT2D eigenvalue weighted by atomic mass is 10.1. The molecule has 1 fully saturated rings. The molecule has 0 saturated carbocycles. The van der Waals surface area contributed by atoms with Gasteiger partial charge in [0.05, 0.1) is 11.1 Å². The van der Waals surface area contributed by atoms with Crippen LogP contribution in [0.4, 0.5) is 10.3 Å². The molecule has 7 nitrogen and oxygen atoms in total. The van der Waals surface area contributed by atoms with E-state index in [1.165, 1.54) is 12.1 Å². The molecule has 186 valence electrons. The number of halogens is 2. The molecule has 2 aromatic heterocycles. The zero-order chi connectivity index (χ0) is 25.5. The fourth-order valence-electron chi connectivity index (χ4n) is 4.90. The summed E-state index contributed by atoms with van der Waals surface area (Å²) >= 11 is 6.31. The van der Waals surface area contributed by atoms with Gasteiger partial charge < -0.3 is 9.80 Å². The fraction of sp³-hybridized carbons (Fsp3) is 0.214. The third kappa shape index (κ3) is 4.27. The summed E-state index contributed by atoms with van der Waals surface area (Å²) in [5, 5.41) is 10.6. The van der Waals surface area contributed by atoms with Crippen LogP contribution in [0.2, 0.25) is 5.02 Å². The zero-order valence-electron chi connectivity index (χ0n) is 20.2. The molecule has 3 heterocycles. The number of nitrogens with zero attached hydrogens (tertiary/aromatic N) is 6. The maximum Gasteiger partial charge on any atom is 0.256 e. The minimum absolute atomic E-state index is 0.0948. The Labute approximate surface area is 218 Å². The van der Waals surface area contributed by atoms with Crippen LogP contribution in [-0.4, -0.2) is 56.6 Å². The summed E-state index contributed by atoms with van der Waals surface area (Å²) < 4.78 is 16.3. The lowest BCUT2D eigenvalue weighted by Gasteiger charge is -2.24. The largest absolute Gasteiger partial charge is 0.340 e. The van der Waals surface area contributed by atoms with Gasteiger partial charge in [0.15, 0.2) is 11.5 Å². The molecule has 1 amide bonds. The number of hydrogen-bond acceptors (Lipinski definition) is 5. The number of aryl methyl sites for hydroxylation is 1. The lowest BCUT2D eigenvalue weighted by molar-refractivity contribution is 0.0762. The van der Waals surface area contributed by atoms with E-state index in [9.17, 15) is 9.18 Å². The highest BCUT2D eigenvalue weighted by Crippen LogP contribution is 2.30. The molecule has 5 aromatic rings. The number of carbonyl (C=O) groups excluding carboxylic acids is 1. The summed E-state index contributed by atoms with van der Waals surface area (Å²) in [6.07, 6.45) is 0.707. The van der Waals surface area contributed by atoms with Crippen molar-refractivity contribution in [1.82, 2.24) is 24.5 Å². The average Bonchev–Trinajstić information content (AvgIpc) is 3.19. The summed E-state index contributed by atoms with van der Waals surface area (Å²) in [6, 6.07) is 19.8. The highest BCUT2D eigenvalue weighted by Gasteiger charge is 2.26. The van der Waals surface area contributed by atoms with Crippen LogP contribution in [0.25, 0.3) is 27.9 Å². The van der Waals surface area contributed by atoms with Crippen molar-refractivity contribution >= 4 is 40.0 Å². The number of rotatable bonds is 3. The van der Waals surface area contributed by atoms with E-state index in [1.54, 1.807) is 17.0 Å². The van der Waals surface area contributed by atoms with Crippen LogP contribution in [0, 0.1) is 12.7 Å². The van der Waals surface area contributed by atoms with Gasteiger partial charge in [0.1, 0.15) is 5.82 Å². The van der Waals surface area contributed by atoms with Crippen molar-refractivity contribution in [2.24, 2.45) is 0 Å². The van der Waals surface area contributed by atoms with Crippen LogP contribution in [0.1, 0.15) is 22.3 Å². The minimum Gasteiger partial charge on any atom is -0.340 e. The number of benzene rings is 3. The van der Waals surface area contributed by atoms with Crippen molar-refractivity contribution < 1.29 is 9.18 Å². The van der Waals surface area contributed by atoms with Crippen LogP contribution in [-0.2, 0) is 0 Å². The van der Waals surface area contributed by atoms with Crippen LogP contribution in [0.5, 0.6) is 0 Å². The Morgan fingerprint density at radius 1 is 0.946 bits per heavy atom. The third-order valence-corrected chi connectivity index (χ3v) is 6.97. The number of amides is 1. The zero-order valence-corrected chi connectivity index (χ0v) is 21.0. The van der Waals surface area contributed by atoms with Crippen molar-refractivity contribution in [3.05, 3.63) is 88.7 Å². The van der Waals surface area contributed by atoms with Crippen molar-refractivity contribution in [3.8, 4) is 11.4 Å². The molecule has 6 rings (SSSR count). The molecular weight excluding hydrogens is 491 g/mol. The molecule has 9 heteroatoms. The molecule has 1 aliphatic heterocycles. The van der Waals surface area contributed by atoms with Gasteiger partial charge in [-0.2, -0.15) is 0 Å². The highest BCUT2D eigenvalue weighted by atomic mass is 35.5. The van der Waals surface area contributed by atoms with Crippen LogP contribution in [0.3, 0.4) is 0 Å². The maximum absolute atomic E-state index is 14.3. The van der Waals surface area contributed by atoms with Gasteiger partial charge in [-0.15, -0.1) is 10.2 Å². The first-order chi connectivity index (χ1) is 18.0. The van der Waals surface area contributed by atoms with Gasteiger partial charge in [-0.05, 0) is 49.7 Å². The first-order valence-electron chi connectivity index (χ1n) is 12.2. The van der Waals surface area contributed by atoms with Gasteiger partial charge in [-0.1, -0.05) is 47.5 Å². The Hall–Kier alpha value is -4.04. The molecule has 0 radical (unpaired) electrons.